The lowest BCUT2D eigenvalue weighted by molar-refractivity contribution is 0.241. The largest absolute Gasteiger partial charge is 0.493 e. The van der Waals surface area contributed by atoms with Crippen LogP contribution in [0.25, 0.3) is 0 Å². The van der Waals surface area contributed by atoms with Gasteiger partial charge in [-0.3, -0.25) is 0 Å². The SMILES string of the molecule is CCOc1c(CCN2CCNCC2)ccc(OC)c1OC. The van der Waals surface area contributed by atoms with Crippen molar-refractivity contribution in [1.29, 1.82) is 0 Å². The van der Waals surface area contributed by atoms with Crippen molar-refractivity contribution in [3.05, 3.63) is 17.7 Å². The molecule has 1 aliphatic heterocycles. The molecular weight excluding hydrogens is 268 g/mol. The van der Waals surface area contributed by atoms with Crippen molar-refractivity contribution in [3.8, 4) is 17.2 Å². The fourth-order valence-electron chi connectivity index (χ4n) is 2.65. The minimum absolute atomic E-state index is 0.615. The number of piperazine rings is 1. The molecule has 1 aromatic rings. The lowest BCUT2D eigenvalue weighted by atomic mass is 10.1. The van der Waals surface area contributed by atoms with Crippen molar-refractivity contribution in [2.45, 2.75) is 13.3 Å². The maximum atomic E-state index is 5.81. The van der Waals surface area contributed by atoms with Crippen molar-refractivity contribution in [3.63, 3.8) is 0 Å². The van der Waals surface area contributed by atoms with Gasteiger partial charge in [0.15, 0.2) is 11.5 Å². The predicted molar refractivity (Wildman–Crippen MR) is 83.7 cm³/mol. The van der Waals surface area contributed by atoms with E-state index >= 15 is 0 Å². The molecule has 2 rings (SSSR count). The molecular formula is C16H26N2O3. The average molecular weight is 294 g/mol. The Hall–Kier alpha value is -1.46. The summed E-state index contributed by atoms with van der Waals surface area (Å²) in [7, 11) is 3.30. The minimum Gasteiger partial charge on any atom is -0.493 e. The number of hydrogen-bond donors (Lipinski definition) is 1. The van der Waals surface area contributed by atoms with E-state index in [1.807, 2.05) is 13.0 Å². The molecule has 0 aromatic heterocycles. The summed E-state index contributed by atoms with van der Waals surface area (Å²) in [5.41, 5.74) is 1.17. The Morgan fingerprint density at radius 3 is 2.48 bits per heavy atom. The van der Waals surface area contributed by atoms with Crippen LogP contribution < -0.4 is 19.5 Å². The van der Waals surface area contributed by atoms with E-state index in [-0.39, 0.29) is 0 Å². The first-order valence-electron chi connectivity index (χ1n) is 7.59. The van der Waals surface area contributed by atoms with Crippen LogP contribution in [0.1, 0.15) is 12.5 Å². The quantitative estimate of drug-likeness (QED) is 0.826. The summed E-state index contributed by atoms with van der Waals surface area (Å²) in [4.78, 5) is 2.48. The highest BCUT2D eigenvalue weighted by molar-refractivity contribution is 5.55. The van der Waals surface area contributed by atoms with Gasteiger partial charge in [0.1, 0.15) is 0 Å². The zero-order chi connectivity index (χ0) is 15.1. The van der Waals surface area contributed by atoms with E-state index in [0.29, 0.717) is 18.1 Å². The Balaban J connectivity index is 2.13. The highest BCUT2D eigenvalue weighted by Gasteiger charge is 2.17. The van der Waals surface area contributed by atoms with Gasteiger partial charge in [0.05, 0.1) is 20.8 Å². The first kappa shape index (κ1) is 15.9. The summed E-state index contributed by atoms with van der Waals surface area (Å²) in [5.74, 6) is 2.22. The van der Waals surface area contributed by atoms with Crippen LogP contribution in [0.15, 0.2) is 12.1 Å². The summed E-state index contributed by atoms with van der Waals surface area (Å²) in [6.45, 7) is 8.00. The summed E-state index contributed by atoms with van der Waals surface area (Å²) in [6.07, 6.45) is 0.954. The second-order valence-electron chi connectivity index (χ2n) is 5.06. The highest BCUT2D eigenvalue weighted by atomic mass is 16.5. The van der Waals surface area contributed by atoms with Crippen LogP contribution in [-0.2, 0) is 6.42 Å². The van der Waals surface area contributed by atoms with E-state index in [4.69, 9.17) is 14.2 Å². The molecule has 0 radical (unpaired) electrons. The Kier molecular flexibility index (Phi) is 6.14. The van der Waals surface area contributed by atoms with Gasteiger partial charge >= 0.3 is 0 Å². The maximum absolute atomic E-state index is 5.81. The van der Waals surface area contributed by atoms with Gasteiger partial charge in [-0.1, -0.05) is 6.07 Å². The van der Waals surface area contributed by atoms with E-state index in [2.05, 4.69) is 16.3 Å². The molecule has 0 bridgehead atoms. The van der Waals surface area contributed by atoms with Crippen molar-refractivity contribution in [2.24, 2.45) is 0 Å². The minimum atomic E-state index is 0.615. The van der Waals surface area contributed by atoms with Crippen LogP contribution in [0.5, 0.6) is 17.2 Å². The molecule has 0 aliphatic carbocycles. The summed E-state index contributed by atoms with van der Waals surface area (Å²) >= 11 is 0. The highest BCUT2D eigenvalue weighted by Crippen LogP contribution is 2.40. The van der Waals surface area contributed by atoms with Gasteiger partial charge in [0.25, 0.3) is 0 Å². The van der Waals surface area contributed by atoms with Gasteiger partial charge in [0, 0.05) is 32.7 Å². The average Bonchev–Trinajstić information content (AvgIpc) is 2.54. The molecule has 1 N–H and O–H groups in total. The molecule has 0 amide bonds. The predicted octanol–water partition coefficient (Wildman–Crippen LogP) is 1.55. The molecule has 1 aromatic carbocycles. The van der Waals surface area contributed by atoms with Crippen LogP contribution in [0.3, 0.4) is 0 Å². The van der Waals surface area contributed by atoms with E-state index in [1.165, 1.54) is 5.56 Å². The van der Waals surface area contributed by atoms with Crippen LogP contribution in [0.4, 0.5) is 0 Å². The second kappa shape index (κ2) is 8.10. The Bertz CT molecular complexity index is 445. The van der Waals surface area contributed by atoms with Crippen molar-refractivity contribution in [1.82, 2.24) is 10.2 Å². The molecule has 1 heterocycles. The molecule has 0 unspecified atom stereocenters. The number of ether oxygens (including phenoxy) is 3. The van der Waals surface area contributed by atoms with Crippen LogP contribution in [0, 0.1) is 0 Å². The van der Waals surface area contributed by atoms with E-state index in [1.54, 1.807) is 14.2 Å². The summed E-state index contributed by atoms with van der Waals surface area (Å²) in [6, 6.07) is 4.03. The first-order chi connectivity index (χ1) is 10.3. The molecule has 1 aliphatic rings. The van der Waals surface area contributed by atoms with E-state index in [9.17, 15) is 0 Å². The zero-order valence-corrected chi connectivity index (χ0v) is 13.3. The third kappa shape index (κ3) is 4.02. The number of rotatable bonds is 7. The molecule has 118 valence electrons. The second-order valence-corrected chi connectivity index (χ2v) is 5.06. The first-order valence-corrected chi connectivity index (χ1v) is 7.59. The van der Waals surface area contributed by atoms with Crippen molar-refractivity contribution < 1.29 is 14.2 Å². The third-order valence-corrected chi connectivity index (χ3v) is 3.78. The van der Waals surface area contributed by atoms with Crippen LogP contribution >= 0.6 is 0 Å². The fourth-order valence-corrected chi connectivity index (χ4v) is 2.65. The standard InChI is InChI=1S/C16H26N2O3/c1-4-21-15-13(5-6-14(19-2)16(15)20-3)7-10-18-11-8-17-9-12-18/h5-6,17H,4,7-12H2,1-3H3. The molecule has 5 heteroatoms. The molecule has 0 saturated carbocycles. The topological polar surface area (TPSA) is 43.0 Å². The lowest BCUT2D eigenvalue weighted by Gasteiger charge is -2.27. The van der Waals surface area contributed by atoms with Crippen molar-refractivity contribution >= 4 is 0 Å². The van der Waals surface area contributed by atoms with Crippen LogP contribution in [0.2, 0.25) is 0 Å². The van der Waals surface area contributed by atoms with Crippen LogP contribution in [-0.4, -0.2) is 58.5 Å². The van der Waals surface area contributed by atoms with Gasteiger partial charge in [-0.2, -0.15) is 0 Å². The Morgan fingerprint density at radius 2 is 1.86 bits per heavy atom. The maximum Gasteiger partial charge on any atom is 0.203 e. The number of methoxy groups -OCH3 is 2. The summed E-state index contributed by atoms with van der Waals surface area (Å²) < 4.78 is 16.6. The van der Waals surface area contributed by atoms with E-state index < -0.39 is 0 Å². The van der Waals surface area contributed by atoms with Gasteiger partial charge in [-0.05, 0) is 25.0 Å². The van der Waals surface area contributed by atoms with E-state index in [0.717, 1.165) is 44.9 Å². The molecule has 1 saturated heterocycles. The van der Waals surface area contributed by atoms with Gasteiger partial charge in [-0.25, -0.2) is 0 Å². The zero-order valence-electron chi connectivity index (χ0n) is 13.3. The molecule has 1 fully saturated rings. The monoisotopic (exact) mass is 294 g/mol. The number of nitrogens with one attached hydrogen (secondary N) is 1. The smallest absolute Gasteiger partial charge is 0.203 e. The molecule has 0 atom stereocenters. The van der Waals surface area contributed by atoms with Gasteiger partial charge < -0.3 is 24.4 Å². The third-order valence-electron chi connectivity index (χ3n) is 3.78. The Labute approximate surface area is 127 Å². The normalized spacial score (nSPS) is 15.8. The number of benzene rings is 1. The van der Waals surface area contributed by atoms with Gasteiger partial charge in [0.2, 0.25) is 5.75 Å². The number of hydrogen-bond acceptors (Lipinski definition) is 5. The lowest BCUT2D eigenvalue weighted by Crippen LogP contribution is -2.44. The van der Waals surface area contributed by atoms with Crippen molar-refractivity contribution in [2.75, 3.05) is 53.6 Å². The van der Waals surface area contributed by atoms with Gasteiger partial charge in [-0.15, -0.1) is 0 Å². The molecule has 0 spiro atoms. The fraction of sp³-hybridized carbons (Fsp3) is 0.625. The summed E-state index contributed by atoms with van der Waals surface area (Å²) in [5, 5.41) is 3.38. The molecule has 21 heavy (non-hydrogen) atoms. The number of nitrogens with zero attached hydrogens (tertiary/aromatic N) is 1. The molecule has 5 nitrogen and oxygen atoms in total. The Morgan fingerprint density at radius 1 is 1.10 bits per heavy atom.